The van der Waals surface area contributed by atoms with Gasteiger partial charge in [0.15, 0.2) is 0 Å². The quantitative estimate of drug-likeness (QED) is 0.428. The molecule has 2 aromatic carbocycles. The van der Waals surface area contributed by atoms with Gasteiger partial charge in [-0.3, -0.25) is 4.90 Å². The van der Waals surface area contributed by atoms with Crippen molar-refractivity contribution in [3.63, 3.8) is 0 Å². The van der Waals surface area contributed by atoms with Crippen LogP contribution in [-0.4, -0.2) is 40.3 Å². The van der Waals surface area contributed by atoms with Gasteiger partial charge in [0.05, 0.1) is 13.7 Å². The van der Waals surface area contributed by atoms with Crippen LogP contribution in [-0.2, 0) is 6.54 Å². The van der Waals surface area contributed by atoms with E-state index in [1.165, 1.54) is 16.5 Å². The molecule has 1 fully saturated rings. The van der Waals surface area contributed by atoms with E-state index in [9.17, 15) is 0 Å². The number of nitrogens with zero attached hydrogens (tertiary/aromatic N) is 3. The predicted molar refractivity (Wildman–Crippen MR) is 120 cm³/mol. The van der Waals surface area contributed by atoms with E-state index in [0.717, 1.165) is 41.7 Å². The Labute approximate surface area is 183 Å². The zero-order valence-corrected chi connectivity index (χ0v) is 18.4. The van der Waals surface area contributed by atoms with Gasteiger partial charge in [0.1, 0.15) is 5.75 Å². The number of hydrogen-bond acceptors (Lipinski definition) is 5. The smallest absolute Gasteiger partial charge is 0.247 e. The fourth-order valence-electron chi connectivity index (χ4n) is 4.24. The van der Waals surface area contributed by atoms with Gasteiger partial charge < -0.3 is 14.1 Å². The first-order chi connectivity index (χ1) is 14.7. The van der Waals surface area contributed by atoms with Gasteiger partial charge in [0, 0.05) is 27.1 Å². The van der Waals surface area contributed by atoms with E-state index in [1.807, 2.05) is 30.3 Å². The number of hydrogen-bond donors (Lipinski definition) is 1. The maximum atomic E-state index is 5.91. The average molecular weight is 467 g/mol. The molecule has 0 unspecified atom stereocenters. The number of methoxy groups -OCH3 is 1. The first-order valence-corrected chi connectivity index (χ1v) is 10.9. The van der Waals surface area contributed by atoms with Gasteiger partial charge in [-0.05, 0) is 73.8 Å². The summed E-state index contributed by atoms with van der Waals surface area (Å²) in [7, 11) is 1.71. The van der Waals surface area contributed by atoms with Crippen LogP contribution in [0.1, 0.15) is 30.2 Å². The summed E-state index contributed by atoms with van der Waals surface area (Å²) < 4.78 is 12.3. The third kappa shape index (κ3) is 3.87. The molecular formula is C23H23BrN4O2. The lowest BCUT2D eigenvalue weighted by atomic mass is 9.89. The molecule has 0 spiro atoms. The van der Waals surface area contributed by atoms with E-state index >= 15 is 0 Å². The Morgan fingerprint density at radius 2 is 2.03 bits per heavy atom. The molecule has 0 aliphatic carbocycles. The van der Waals surface area contributed by atoms with Crippen molar-refractivity contribution in [1.82, 2.24) is 20.1 Å². The second-order valence-electron chi connectivity index (χ2n) is 7.72. The van der Waals surface area contributed by atoms with Crippen LogP contribution in [0.25, 0.3) is 22.4 Å². The molecule has 0 bridgehead atoms. The molecule has 0 amide bonds. The molecule has 3 heterocycles. The van der Waals surface area contributed by atoms with Crippen LogP contribution in [0.3, 0.4) is 0 Å². The molecule has 1 aliphatic rings. The Hall–Kier alpha value is -2.64. The lowest BCUT2D eigenvalue weighted by molar-refractivity contribution is 0.188. The number of rotatable bonds is 5. The lowest BCUT2D eigenvalue weighted by Gasteiger charge is -2.30. The number of halogens is 1. The van der Waals surface area contributed by atoms with Crippen molar-refractivity contribution in [2.45, 2.75) is 25.3 Å². The summed E-state index contributed by atoms with van der Waals surface area (Å²) in [5.74, 6) is 2.68. The number of fused-ring (bicyclic) bond motifs is 1. The maximum Gasteiger partial charge on any atom is 0.247 e. The number of likely N-dealkylation sites (tertiary alicyclic amines) is 1. The van der Waals surface area contributed by atoms with Gasteiger partial charge in [0.25, 0.3) is 0 Å². The van der Waals surface area contributed by atoms with E-state index < -0.39 is 0 Å². The molecule has 154 valence electrons. The number of nitrogens with one attached hydrogen (secondary N) is 1. The molecular weight excluding hydrogens is 444 g/mol. The molecule has 30 heavy (non-hydrogen) atoms. The molecule has 2 aromatic heterocycles. The second-order valence-corrected chi connectivity index (χ2v) is 8.63. The minimum Gasteiger partial charge on any atom is -0.497 e. The molecule has 1 saturated heterocycles. The van der Waals surface area contributed by atoms with Crippen molar-refractivity contribution in [1.29, 1.82) is 0 Å². The molecule has 1 aliphatic heterocycles. The molecule has 6 nitrogen and oxygen atoms in total. The maximum absolute atomic E-state index is 5.91. The first kappa shape index (κ1) is 19.3. The number of benzene rings is 2. The monoisotopic (exact) mass is 466 g/mol. The van der Waals surface area contributed by atoms with E-state index in [0.29, 0.717) is 24.2 Å². The van der Waals surface area contributed by atoms with Gasteiger partial charge in [-0.1, -0.05) is 22.0 Å². The molecule has 4 aromatic rings. The van der Waals surface area contributed by atoms with Gasteiger partial charge in [-0.2, -0.15) is 0 Å². The zero-order chi connectivity index (χ0) is 20.5. The molecule has 0 saturated carbocycles. The fourth-order valence-corrected chi connectivity index (χ4v) is 4.63. The minimum atomic E-state index is 0.544. The molecule has 0 atom stereocenters. The van der Waals surface area contributed by atoms with Gasteiger partial charge in [-0.15, -0.1) is 10.2 Å². The number of aromatic nitrogens is 3. The van der Waals surface area contributed by atoms with Crippen molar-refractivity contribution >= 4 is 26.8 Å². The summed E-state index contributed by atoms with van der Waals surface area (Å²) in [5.41, 5.74) is 3.48. The Morgan fingerprint density at radius 1 is 1.17 bits per heavy atom. The average Bonchev–Trinajstić information content (AvgIpc) is 3.41. The van der Waals surface area contributed by atoms with E-state index in [4.69, 9.17) is 9.15 Å². The van der Waals surface area contributed by atoms with E-state index in [2.05, 4.69) is 54.3 Å². The molecule has 7 heteroatoms. The van der Waals surface area contributed by atoms with Crippen molar-refractivity contribution in [2.24, 2.45) is 0 Å². The topological polar surface area (TPSA) is 67.2 Å². The van der Waals surface area contributed by atoms with Crippen LogP contribution in [0, 0.1) is 0 Å². The number of ether oxygens (including phenoxy) is 1. The van der Waals surface area contributed by atoms with Crippen molar-refractivity contribution in [3.8, 4) is 17.2 Å². The van der Waals surface area contributed by atoms with Crippen molar-refractivity contribution < 1.29 is 9.15 Å². The predicted octanol–water partition coefficient (Wildman–Crippen LogP) is 5.37. The summed E-state index contributed by atoms with van der Waals surface area (Å²) in [5, 5.41) is 9.74. The van der Waals surface area contributed by atoms with Crippen LogP contribution in [0.2, 0.25) is 0 Å². The summed E-state index contributed by atoms with van der Waals surface area (Å²) in [6.45, 7) is 2.71. The van der Waals surface area contributed by atoms with Gasteiger partial charge in [-0.25, -0.2) is 0 Å². The highest BCUT2D eigenvalue weighted by Gasteiger charge is 2.24. The highest BCUT2D eigenvalue weighted by molar-refractivity contribution is 9.10. The van der Waals surface area contributed by atoms with Crippen molar-refractivity contribution in [2.75, 3.05) is 20.2 Å². The number of aromatic amines is 1. The van der Waals surface area contributed by atoms with Crippen molar-refractivity contribution in [3.05, 3.63) is 64.6 Å². The summed E-state index contributed by atoms with van der Waals surface area (Å²) >= 11 is 3.48. The molecule has 1 N–H and O–H groups in total. The Kier molecular flexibility index (Phi) is 5.31. The number of piperidine rings is 1. The number of H-pyrrole nitrogens is 1. The largest absolute Gasteiger partial charge is 0.497 e. The third-order valence-corrected chi connectivity index (χ3v) is 6.34. The van der Waals surface area contributed by atoms with Gasteiger partial charge in [0.2, 0.25) is 11.8 Å². The standard InChI is InChI=1S/C23H23BrN4O2/c1-29-18-5-6-21-19(12-18)20(13-25-21)15-7-9-28(10-8-15)14-22-26-27-23(30-22)16-3-2-4-17(24)11-16/h2-6,11-13,15,25H,7-10,14H2,1H3. The van der Waals surface area contributed by atoms with Gasteiger partial charge >= 0.3 is 0 Å². The van der Waals surface area contributed by atoms with E-state index in [1.54, 1.807) is 7.11 Å². The summed E-state index contributed by atoms with van der Waals surface area (Å²) in [4.78, 5) is 5.80. The molecule has 0 radical (unpaired) electrons. The first-order valence-electron chi connectivity index (χ1n) is 10.2. The van der Waals surface area contributed by atoms with Crippen LogP contribution in [0.15, 0.2) is 57.6 Å². The SMILES string of the molecule is COc1ccc2[nH]cc(C3CCN(Cc4nnc(-c5cccc(Br)c5)o4)CC3)c2c1. The minimum absolute atomic E-state index is 0.544. The van der Waals surface area contributed by atoms with Crippen LogP contribution in [0.5, 0.6) is 5.75 Å². The van der Waals surface area contributed by atoms with Crippen LogP contribution >= 0.6 is 15.9 Å². The Morgan fingerprint density at radius 3 is 2.83 bits per heavy atom. The Bertz CT molecular complexity index is 1160. The normalized spacial score (nSPS) is 15.7. The highest BCUT2D eigenvalue weighted by atomic mass is 79.9. The highest BCUT2D eigenvalue weighted by Crippen LogP contribution is 2.35. The zero-order valence-electron chi connectivity index (χ0n) is 16.8. The van der Waals surface area contributed by atoms with Crippen LogP contribution in [0.4, 0.5) is 0 Å². The second kappa shape index (κ2) is 8.24. The molecule has 5 rings (SSSR count). The van der Waals surface area contributed by atoms with E-state index in [-0.39, 0.29) is 0 Å². The third-order valence-electron chi connectivity index (χ3n) is 5.85. The summed E-state index contributed by atoms with van der Waals surface area (Å²) in [6.07, 6.45) is 4.38. The lowest BCUT2D eigenvalue weighted by Crippen LogP contribution is -2.32. The van der Waals surface area contributed by atoms with Crippen LogP contribution < -0.4 is 4.74 Å². The Balaban J connectivity index is 1.24. The fraction of sp³-hybridized carbons (Fsp3) is 0.304. The summed E-state index contributed by atoms with van der Waals surface area (Å²) in [6, 6.07) is 14.1.